The molecule has 2 heterocycles. The Kier molecular flexibility index (Phi) is 7.65. The summed E-state index contributed by atoms with van der Waals surface area (Å²) in [7, 11) is 1.59. The summed E-state index contributed by atoms with van der Waals surface area (Å²) in [6, 6.07) is 13.5. The van der Waals surface area contributed by atoms with E-state index in [2.05, 4.69) is 15.1 Å². The zero-order valence-corrected chi connectivity index (χ0v) is 20.2. The maximum atomic E-state index is 13.2. The molecule has 8 nitrogen and oxygen atoms in total. The Hall–Kier alpha value is -3.46. The van der Waals surface area contributed by atoms with Gasteiger partial charge in [0.1, 0.15) is 5.82 Å². The zero-order chi connectivity index (χ0) is 24.9. The minimum atomic E-state index is -0.258. The van der Waals surface area contributed by atoms with E-state index in [9.17, 15) is 18.8 Å². The molecule has 186 valence electrons. The van der Waals surface area contributed by atoms with Gasteiger partial charge in [0.15, 0.2) is 0 Å². The van der Waals surface area contributed by atoms with Crippen molar-refractivity contribution in [1.29, 1.82) is 0 Å². The van der Waals surface area contributed by atoms with Crippen LogP contribution in [-0.4, -0.2) is 91.8 Å². The number of amides is 3. The summed E-state index contributed by atoms with van der Waals surface area (Å²) in [5.74, 6) is -0.393. The highest BCUT2D eigenvalue weighted by Gasteiger charge is 2.32. The van der Waals surface area contributed by atoms with Crippen LogP contribution in [-0.2, 0) is 9.59 Å². The summed E-state index contributed by atoms with van der Waals surface area (Å²) in [5, 5.41) is 2.63. The van der Waals surface area contributed by atoms with E-state index in [1.54, 1.807) is 32.2 Å². The number of nitrogens with one attached hydrogen (secondary N) is 1. The molecule has 1 atom stereocenters. The van der Waals surface area contributed by atoms with Gasteiger partial charge in [-0.15, -0.1) is 0 Å². The molecule has 0 unspecified atom stereocenters. The molecule has 2 aliphatic heterocycles. The Morgan fingerprint density at radius 2 is 1.69 bits per heavy atom. The number of carbonyl (C=O) groups excluding carboxylic acids is 3. The van der Waals surface area contributed by atoms with Crippen molar-refractivity contribution in [3.05, 3.63) is 65.5 Å². The smallest absolute Gasteiger partial charge is 0.251 e. The molecule has 0 aromatic heterocycles. The summed E-state index contributed by atoms with van der Waals surface area (Å²) < 4.78 is 13.2. The maximum Gasteiger partial charge on any atom is 0.251 e. The highest BCUT2D eigenvalue weighted by atomic mass is 19.1. The number of benzene rings is 2. The van der Waals surface area contributed by atoms with Crippen molar-refractivity contribution in [3.8, 4) is 0 Å². The lowest BCUT2D eigenvalue weighted by Crippen LogP contribution is -2.55. The lowest BCUT2D eigenvalue weighted by Gasteiger charge is -2.42. The Morgan fingerprint density at radius 1 is 0.971 bits per heavy atom. The summed E-state index contributed by atoms with van der Waals surface area (Å²) in [4.78, 5) is 45.4. The average Bonchev–Trinajstić information content (AvgIpc) is 2.88. The van der Waals surface area contributed by atoms with Gasteiger partial charge in [0.25, 0.3) is 5.91 Å². The third-order valence-corrected chi connectivity index (χ3v) is 6.81. The monoisotopic (exact) mass is 481 g/mol. The molecule has 2 fully saturated rings. The van der Waals surface area contributed by atoms with E-state index < -0.39 is 0 Å². The van der Waals surface area contributed by atoms with E-state index in [4.69, 9.17) is 0 Å². The van der Waals surface area contributed by atoms with E-state index in [0.29, 0.717) is 51.4 Å². The quantitative estimate of drug-likeness (QED) is 0.704. The average molecular weight is 482 g/mol. The molecule has 2 saturated heterocycles. The van der Waals surface area contributed by atoms with E-state index >= 15 is 0 Å². The lowest BCUT2D eigenvalue weighted by atomic mass is 9.99. The molecule has 0 saturated carbocycles. The molecule has 2 aromatic carbocycles. The molecule has 4 rings (SSSR count). The predicted molar refractivity (Wildman–Crippen MR) is 132 cm³/mol. The number of anilines is 1. The lowest BCUT2D eigenvalue weighted by molar-refractivity contribution is -0.136. The summed E-state index contributed by atoms with van der Waals surface area (Å²) in [5.41, 5.74) is 2.38. The van der Waals surface area contributed by atoms with Crippen LogP contribution < -0.4 is 10.2 Å². The third kappa shape index (κ3) is 5.79. The molecule has 3 amide bonds. The standard InChI is InChI=1S/C26H32FN5O3/c1-19(33)32-15-10-29(17-24(32)20-4-3-5-21(16-20)26(35)28-2)18-25(34)31-13-11-30(12-14-31)23-8-6-22(27)7-9-23/h3-9,16,24H,10-15,17-18H2,1-2H3,(H,28,35)/t24-/m1/s1. The summed E-state index contributed by atoms with van der Waals surface area (Å²) in [6.45, 7) is 6.13. The van der Waals surface area contributed by atoms with Crippen LogP contribution in [0.1, 0.15) is 28.9 Å². The number of halogens is 1. The maximum absolute atomic E-state index is 13.2. The molecule has 1 N–H and O–H groups in total. The minimum Gasteiger partial charge on any atom is -0.368 e. The molecule has 0 spiro atoms. The highest BCUT2D eigenvalue weighted by molar-refractivity contribution is 5.94. The Balaban J connectivity index is 1.38. The first-order valence-electron chi connectivity index (χ1n) is 12.0. The second-order valence-corrected chi connectivity index (χ2v) is 9.01. The van der Waals surface area contributed by atoms with Crippen molar-refractivity contribution in [1.82, 2.24) is 20.0 Å². The van der Waals surface area contributed by atoms with E-state index in [1.807, 2.05) is 28.0 Å². The van der Waals surface area contributed by atoms with Crippen molar-refractivity contribution in [2.45, 2.75) is 13.0 Å². The molecule has 9 heteroatoms. The fourth-order valence-electron chi connectivity index (χ4n) is 4.83. The van der Waals surface area contributed by atoms with Gasteiger partial charge in [0.05, 0.1) is 12.6 Å². The zero-order valence-electron chi connectivity index (χ0n) is 20.2. The van der Waals surface area contributed by atoms with Crippen LogP contribution in [0.4, 0.5) is 10.1 Å². The minimum absolute atomic E-state index is 0.0248. The molecule has 2 aliphatic rings. The summed E-state index contributed by atoms with van der Waals surface area (Å²) in [6.07, 6.45) is 0. The first-order chi connectivity index (χ1) is 16.9. The van der Waals surface area contributed by atoms with E-state index in [0.717, 1.165) is 11.3 Å². The molecular weight excluding hydrogens is 449 g/mol. The second kappa shape index (κ2) is 10.9. The van der Waals surface area contributed by atoms with Crippen LogP contribution in [0, 0.1) is 5.82 Å². The number of hydrogen-bond donors (Lipinski definition) is 1. The van der Waals surface area contributed by atoms with Crippen molar-refractivity contribution >= 4 is 23.4 Å². The molecule has 2 aromatic rings. The van der Waals surface area contributed by atoms with Crippen LogP contribution >= 0.6 is 0 Å². The second-order valence-electron chi connectivity index (χ2n) is 9.01. The van der Waals surface area contributed by atoms with Gasteiger partial charge in [-0.3, -0.25) is 19.3 Å². The molecule has 35 heavy (non-hydrogen) atoms. The van der Waals surface area contributed by atoms with Crippen LogP contribution in [0.25, 0.3) is 0 Å². The Labute approximate surface area is 205 Å². The van der Waals surface area contributed by atoms with Crippen LogP contribution in [0.2, 0.25) is 0 Å². The first kappa shape index (κ1) is 24.7. The number of carbonyl (C=O) groups is 3. The van der Waals surface area contributed by atoms with Gasteiger partial charge in [0, 0.05) is 71.0 Å². The van der Waals surface area contributed by atoms with Gasteiger partial charge >= 0.3 is 0 Å². The van der Waals surface area contributed by atoms with Crippen molar-refractivity contribution < 1.29 is 18.8 Å². The first-order valence-corrected chi connectivity index (χ1v) is 12.0. The van der Waals surface area contributed by atoms with Gasteiger partial charge in [-0.2, -0.15) is 0 Å². The van der Waals surface area contributed by atoms with Gasteiger partial charge in [-0.25, -0.2) is 4.39 Å². The van der Waals surface area contributed by atoms with Crippen molar-refractivity contribution in [2.24, 2.45) is 0 Å². The molecule has 0 radical (unpaired) electrons. The number of hydrogen-bond acceptors (Lipinski definition) is 5. The predicted octanol–water partition coefficient (Wildman–Crippen LogP) is 1.74. The van der Waals surface area contributed by atoms with Gasteiger partial charge in [-0.05, 0) is 42.0 Å². The van der Waals surface area contributed by atoms with Crippen LogP contribution in [0.5, 0.6) is 0 Å². The van der Waals surface area contributed by atoms with Crippen molar-refractivity contribution in [2.75, 3.05) is 64.3 Å². The van der Waals surface area contributed by atoms with Gasteiger partial charge < -0.3 is 20.0 Å². The van der Waals surface area contributed by atoms with Gasteiger partial charge in [0.2, 0.25) is 11.8 Å². The SMILES string of the molecule is CNC(=O)c1cccc([C@H]2CN(CC(=O)N3CCN(c4ccc(F)cc4)CC3)CCN2C(C)=O)c1. The fraction of sp³-hybridized carbons (Fsp3) is 0.423. The topological polar surface area (TPSA) is 76.2 Å². The number of nitrogens with zero attached hydrogens (tertiary/aromatic N) is 4. The number of rotatable bonds is 5. The Morgan fingerprint density at radius 3 is 2.34 bits per heavy atom. The number of piperazine rings is 2. The largest absolute Gasteiger partial charge is 0.368 e. The molecule has 0 bridgehead atoms. The van der Waals surface area contributed by atoms with E-state index in [1.165, 1.54) is 12.1 Å². The van der Waals surface area contributed by atoms with Gasteiger partial charge in [-0.1, -0.05) is 12.1 Å². The van der Waals surface area contributed by atoms with Crippen LogP contribution in [0.3, 0.4) is 0 Å². The highest BCUT2D eigenvalue weighted by Crippen LogP contribution is 2.27. The van der Waals surface area contributed by atoms with E-state index in [-0.39, 0.29) is 36.1 Å². The molecular formula is C26H32FN5O3. The molecule has 0 aliphatic carbocycles. The Bertz CT molecular complexity index is 1070. The normalized spacial score (nSPS) is 18.9. The third-order valence-electron chi connectivity index (χ3n) is 6.81. The van der Waals surface area contributed by atoms with Crippen LogP contribution in [0.15, 0.2) is 48.5 Å². The van der Waals surface area contributed by atoms with Crippen molar-refractivity contribution in [3.63, 3.8) is 0 Å². The summed E-state index contributed by atoms with van der Waals surface area (Å²) >= 11 is 0. The fourth-order valence-corrected chi connectivity index (χ4v) is 4.83.